The second-order valence-electron chi connectivity index (χ2n) is 3.67. The van der Waals surface area contributed by atoms with Crippen LogP contribution in [0.15, 0.2) is 42.5 Å². The fourth-order valence-electron chi connectivity index (χ4n) is 1.46. The topological polar surface area (TPSA) is 55.1 Å². The zero-order valence-electron chi connectivity index (χ0n) is 9.28. The summed E-state index contributed by atoms with van der Waals surface area (Å²) in [6.07, 6.45) is 0. The van der Waals surface area contributed by atoms with Gasteiger partial charge in [0.05, 0.1) is 5.69 Å². The number of hydrogen-bond acceptors (Lipinski definition) is 2. The van der Waals surface area contributed by atoms with Crippen molar-refractivity contribution >= 4 is 17.3 Å². The van der Waals surface area contributed by atoms with Gasteiger partial charge in [-0.3, -0.25) is 4.79 Å². The molecule has 0 atom stereocenters. The van der Waals surface area contributed by atoms with Crippen LogP contribution in [-0.4, -0.2) is 5.91 Å². The van der Waals surface area contributed by atoms with E-state index in [4.69, 9.17) is 5.73 Å². The number of benzene rings is 2. The van der Waals surface area contributed by atoms with Gasteiger partial charge in [-0.15, -0.1) is 0 Å². The van der Waals surface area contributed by atoms with Crippen LogP contribution in [0.1, 0.15) is 10.4 Å². The van der Waals surface area contributed by atoms with E-state index in [1.165, 1.54) is 30.3 Å². The van der Waals surface area contributed by atoms with Crippen molar-refractivity contribution in [3.63, 3.8) is 0 Å². The van der Waals surface area contributed by atoms with Gasteiger partial charge in [-0.2, -0.15) is 0 Å². The number of nitrogen functional groups attached to an aromatic ring is 1. The SMILES string of the molecule is Nc1cccc(F)c1NC(=O)c1ccc(F)cc1. The van der Waals surface area contributed by atoms with Crippen molar-refractivity contribution in [3.05, 3.63) is 59.7 Å². The molecule has 0 aliphatic heterocycles. The molecule has 0 fully saturated rings. The quantitative estimate of drug-likeness (QED) is 0.803. The van der Waals surface area contributed by atoms with Gasteiger partial charge in [0.25, 0.3) is 5.91 Å². The Kier molecular flexibility index (Phi) is 3.23. The molecule has 0 saturated carbocycles. The van der Waals surface area contributed by atoms with Gasteiger partial charge >= 0.3 is 0 Å². The highest BCUT2D eigenvalue weighted by molar-refractivity contribution is 6.05. The molecule has 0 bridgehead atoms. The van der Waals surface area contributed by atoms with Crippen LogP contribution in [0.2, 0.25) is 0 Å². The monoisotopic (exact) mass is 248 g/mol. The highest BCUT2D eigenvalue weighted by Gasteiger charge is 2.11. The summed E-state index contributed by atoms with van der Waals surface area (Å²) in [5, 5.41) is 2.35. The average molecular weight is 248 g/mol. The van der Waals surface area contributed by atoms with E-state index in [9.17, 15) is 13.6 Å². The lowest BCUT2D eigenvalue weighted by atomic mass is 10.2. The molecule has 3 nitrogen and oxygen atoms in total. The van der Waals surface area contributed by atoms with Gasteiger partial charge in [-0.25, -0.2) is 8.78 Å². The third-order valence-electron chi connectivity index (χ3n) is 2.39. The number of nitrogens with one attached hydrogen (secondary N) is 1. The van der Waals surface area contributed by atoms with Crippen molar-refractivity contribution in [2.24, 2.45) is 0 Å². The van der Waals surface area contributed by atoms with Gasteiger partial charge in [0.1, 0.15) is 17.3 Å². The Morgan fingerprint density at radius 3 is 2.33 bits per heavy atom. The van der Waals surface area contributed by atoms with Gasteiger partial charge in [0.2, 0.25) is 0 Å². The molecule has 0 aliphatic carbocycles. The van der Waals surface area contributed by atoms with Gasteiger partial charge in [0, 0.05) is 5.56 Å². The Morgan fingerprint density at radius 1 is 1.06 bits per heavy atom. The molecule has 2 aromatic rings. The van der Waals surface area contributed by atoms with Gasteiger partial charge < -0.3 is 11.1 Å². The summed E-state index contributed by atoms with van der Waals surface area (Å²) < 4.78 is 26.1. The van der Waals surface area contributed by atoms with Crippen molar-refractivity contribution in [3.8, 4) is 0 Å². The highest BCUT2D eigenvalue weighted by Crippen LogP contribution is 2.22. The first-order chi connectivity index (χ1) is 8.58. The average Bonchev–Trinajstić information content (AvgIpc) is 2.34. The first-order valence-electron chi connectivity index (χ1n) is 5.19. The minimum atomic E-state index is -0.620. The first kappa shape index (κ1) is 12.0. The minimum Gasteiger partial charge on any atom is -0.397 e. The largest absolute Gasteiger partial charge is 0.397 e. The molecule has 5 heteroatoms. The molecule has 0 aliphatic rings. The molecule has 2 rings (SSSR count). The van der Waals surface area contributed by atoms with Gasteiger partial charge in [-0.1, -0.05) is 6.07 Å². The summed E-state index contributed by atoms with van der Waals surface area (Å²) in [5.41, 5.74) is 5.83. The summed E-state index contributed by atoms with van der Waals surface area (Å²) in [6, 6.07) is 9.03. The number of amides is 1. The summed E-state index contributed by atoms with van der Waals surface area (Å²) in [5.74, 6) is -1.62. The maximum absolute atomic E-state index is 13.4. The van der Waals surface area contributed by atoms with Crippen molar-refractivity contribution in [2.45, 2.75) is 0 Å². The molecule has 18 heavy (non-hydrogen) atoms. The maximum atomic E-state index is 13.4. The number of anilines is 2. The zero-order chi connectivity index (χ0) is 13.1. The number of carbonyl (C=O) groups is 1. The van der Waals surface area contributed by atoms with Crippen LogP contribution >= 0.6 is 0 Å². The maximum Gasteiger partial charge on any atom is 0.255 e. The molecular weight excluding hydrogens is 238 g/mol. The lowest BCUT2D eigenvalue weighted by molar-refractivity contribution is 0.102. The Balaban J connectivity index is 2.24. The number of carbonyl (C=O) groups excluding carboxylic acids is 1. The lowest BCUT2D eigenvalue weighted by Crippen LogP contribution is -2.14. The van der Waals surface area contributed by atoms with Crippen molar-refractivity contribution < 1.29 is 13.6 Å². The van der Waals surface area contributed by atoms with Crippen LogP contribution in [0.4, 0.5) is 20.2 Å². The van der Waals surface area contributed by atoms with Crippen molar-refractivity contribution in [2.75, 3.05) is 11.1 Å². The molecule has 0 heterocycles. The van der Waals surface area contributed by atoms with Crippen molar-refractivity contribution in [1.29, 1.82) is 0 Å². The predicted octanol–water partition coefficient (Wildman–Crippen LogP) is 2.80. The fourth-order valence-corrected chi connectivity index (χ4v) is 1.46. The van der Waals surface area contributed by atoms with Crippen LogP contribution in [0.5, 0.6) is 0 Å². The standard InChI is InChI=1S/C13H10F2N2O/c14-9-6-4-8(5-7-9)13(18)17-12-10(15)2-1-3-11(12)16/h1-7H,16H2,(H,17,18). The molecule has 0 spiro atoms. The molecule has 1 amide bonds. The lowest BCUT2D eigenvalue weighted by Gasteiger charge is -2.08. The number of halogens is 2. The van der Waals surface area contributed by atoms with E-state index < -0.39 is 17.5 Å². The predicted molar refractivity (Wildman–Crippen MR) is 65.2 cm³/mol. The third-order valence-corrected chi connectivity index (χ3v) is 2.39. The zero-order valence-corrected chi connectivity index (χ0v) is 9.28. The highest BCUT2D eigenvalue weighted by atomic mass is 19.1. The molecule has 2 aromatic carbocycles. The number of nitrogens with two attached hydrogens (primary N) is 1. The molecule has 92 valence electrons. The summed E-state index contributed by atoms with van der Waals surface area (Å²) in [7, 11) is 0. The molecule has 3 N–H and O–H groups in total. The van der Waals surface area contributed by atoms with E-state index in [2.05, 4.69) is 5.32 Å². The Morgan fingerprint density at radius 2 is 1.72 bits per heavy atom. The summed E-state index contributed by atoms with van der Waals surface area (Å²) >= 11 is 0. The number of rotatable bonds is 2. The Bertz CT molecular complexity index is 562. The van der Waals surface area contributed by atoms with Crippen LogP contribution < -0.4 is 11.1 Å². The smallest absolute Gasteiger partial charge is 0.255 e. The molecule has 0 saturated heterocycles. The van der Waals surface area contributed by atoms with Crippen molar-refractivity contribution in [1.82, 2.24) is 0 Å². The molecule has 0 radical (unpaired) electrons. The van der Waals surface area contributed by atoms with Gasteiger partial charge in [-0.05, 0) is 36.4 Å². The van der Waals surface area contributed by atoms with Crippen LogP contribution in [0.25, 0.3) is 0 Å². The molecule has 0 aromatic heterocycles. The Labute approximate surface area is 102 Å². The normalized spacial score (nSPS) is 10.1. The molecular formula is C13H10F2N2O. The Hall–Kier alpha value is -2.43. The minimum absolute atomic E-state index is 0.0770. The van der Waals surface area contributed by atoms with E-state index in [0.717, 1.165) is 12.1 Å². The van der Waals surface area contributed by atoms with E-state index in [1.54, 1.807) is 0 Å². The number of hydrogen-bond donors (Lipinski definition) is 2. The number of para-hydroxylation sites is 1. The summed E-state index contributed by atoms with van der Waals surface area (Å²) in [4.78, 5) is 11.8. The molecule has 0 unspecified atom stereocenters. The van der Waals surface area contributed by atoms with E-state index >= 15 is 0 Å². The van der Waals surface area contributed by atoms with Crippen LogP contribution in [0, 0.1) is 11.6 Å². The fraction of sp³-hybridized carbons (Fsp3) is 0. The van der Waals surface area contributed by atoms with Crippen LogP contribution in [0.3, 0.4) is 0 Å². The van der Waals surface area contributed by atoms with E-state index in [-0.39, 0.29) is 16.9 Å². The van der Waals surface area contributed by atoms with E-state index in [0.29, 0.717) is 0 Å². The first-order valence-corrected chi connectivity index (χ1v) is 5.19. The summed E-state index contributed by atoms with van der Waals surface area (Å²) in [6.45, 7) is 0. The van der Waals surface area contributed by atoms with E-state index in [1.807, 2.05) is 0 Å². The second-order valence-corrected chi connectivity index (χ2v) is 3.67. The third kappa shape index (κ3) is 2.45. The second kappa shape index (κ2) is 4.83. The van der Waals surface area contributed by atoms with Crippen LogP contribution in [-0.2, 0) is 0 Å². The van der Waals surface area contributed by atoms with Gasteiger partial charge in [0.15, 0.2) is 0 Å².